The Morgan fingerprint density at radius 2 is 1.73 bits per heavy atom. The van der Waals surface area contributed by atoms with Gasteiger partial charge in [-0.25, -0.2) is 13.2 Å². The molecule has 0 aromatic heterocycles. The molecular weight excluding hydrogens is 404 g/mol. The van der Waals surface area contributed by atoms with Crippen LogP contribution >= 0.6 is 0 Å². The van der Waals surface area contributed by atoms with Gasteiger partial charge in [0, 0.05) is 31.3 Å². The number of likely N-dealkylation sites (tertiary alicyclic amines) is 1. The molecule has 158 valence electrons. The van der Waals surface area contributed by atoms with Crippen LogP contribution in [0.15, 0.2) is 71.3 Å². The maximum absolute atomic E-state index is 12.4. The summed E-state index contributed by atoms with van der Waals surface area (Å²) >= 11 is 0. The first kappa shape index (κ1) is 21.6. The van der Waals surface area contributed by atoms with Gasteiger partial charge in [-0.1, -0.05) is 48.0 Å². The van der Waals surface area contributed by atoms with Crippen LogP contribution in [0.1, 0.15) is 24.0 Å². The zero-order chi connectivity index (χ0) is 21.6. The van der Waals surface area contributed by atoms with Gasteiger partial charge in [-0.3, -0.25) is 9.52 Å². The van der Waals surface area contributed by atoms with E-state index >= 15 is 0 Å². The summed E-state index contributed by atoms with van der Waals surface area (Å²) in [5.74, 6) is -0.194. The Hall–Kier alpha value is -3.13. The van der Waals surface area contributed by atoms with E-state index in [1.165, 1.54) is 23.2 Å². The fraction of sp³-hybridized carbons (Fsp3) is 0.273. The van der Waals surface area contributed by atoms with Crippen LogP contribution in [0.3, 0.4) is 0 Å². The van der Waals surface area contributed by atoms with Gasteiger partial charge in [-0.15, -0.1) is 0 Å². The van der Waals surface area contributed by atoms with Crippen LogP contribution < -0.4 is 4.72 Å². The van der Waals surface area contributed by atoms with E-state index in [1.807, 2.05) is 37.3 Å². The number of ketones is 1. The first-order valence-electron chi connectivity index (χ1n) is 9.62. The number of hydrogen-bond donors (Lipinski definition) is 1. The lowest BCUT2D eigenvalue weighted by atomic mass is 10.1. The Morgan fingerprint density at radius 1 is 1.07 bits per heavy atom. The second kappa shape index (κ2) is 9.58. The number of ether oxygens (including phenoxy) is 1. The number of Topliss-reactive ketones (excluding diaryl/α,β-unsaturated/α-hetero) is 1. The highest BCUT2D eigenvalue weighted by atomic mass is 32.2. The van der Waals surface area contributed by atoms with Crippen LogP contribution in [-0.4, -0.2) is 38.3 Å². The average Bonchev–Trinajstić information content (AvgIpc) is 2.93. The number of benzene rings is 2. The van der Waals surface area contributed by atoms with Crippen molar-refractivity contribution < 1.29 is 22.7 Å². The molecule has 1 fully saturated rings. The van der Waals surface area contributed by atoms with E-state index in [1.54, 1.807) is 12.1 Å². The van der Waals surface area contributed by atoms with E-state index in [4.69, 9.17) is 4.74 Å². The number of sulfonamides is 1. The van der Waals surface area contributed by atoms with Crippen LogP contribution in [-0.2, 0) is 26.2 Å². The summed E-state index contributed by atoms with van der Waals surface area (Å²) in [5.41, 5.74) is 2.16. The predicted molar refractivity (Wildman–Crippen MR) is 112 cm³/mol. The Kier molecular flexibility index (Phi) is 6.89. The first-order valence-corrected chi connectivity index (χ1v) is 11.1. The first-order chi connectivity index (χ1) is 14.3. The Morgan fingerprint density at radius 3 is 2.43 bits per heavy atom. The topological polar surface area (TPSA) is 92.8 Å². The largest absolute Gasteiger partial charge is 0.445 e. The van der Waals surface area contributed by atoms with Crippen molar-refractivity contribution in [1.29, 1.82) is 0 Å². The number of rotatable bonds is 5. The molecule has 2 aromatic carbocycles. The van der Waals surface area contributed by atoms with Crippen LogP contribution in [0.25, 0.3) is 0 Å². The standard InChI is InChI=1S/C22H24N2O5S/c1-17-7-9-20(10-8-17)30(27,28)23-15-19-11-13-24(14-12-21(19)25)22(26)29-16-18-5-3-2-4-6-18/h2-10,15,23H,11-14,16H2,1H3/b19-15+. The minimum atomic E-state index is -3.76. The normalized spacial score (nSPS) is 16.2. The highest BCUT2D eigenvalue weighted by Gasteiger charge is 2.23. The number of hydrogen-bond acceptors (Lipinski definition) is 5. The molecule has 8 heteroatoms. The van der Waals surface area contributed by atoms with Gasteiger partial charge in [-0.2, -0.15) is 0 Å². The Bertz CT molecular complexity index is 1030. The van der Waals surface area contributed by atoms with E-state index in [-0.39, 0.29) is 43.2 Å². The summed E-state index contributed by atoms with van der Waals surface area (Å²) in [5, 5.41) is 0. The summed E-state index contributed by atoms with van der Waals surface area (Å²) in [6, 6.07) is 15.8. The highest BCUT2D eigenvalue weighted by Crippen LogP contribution is 2.16. The molecule has 0 radical (unpaired) electrons. The fourth-order valence-corrected chi connectivity index (χ4v) is 3.91. The minimum absolute atomic E-state index is 0.110. The van der Waals surface area contributed by atoms with Gasteiger partial charge in [0.1, 0.15) is 6.61 Å². The van der Waals surface area contributed by atoms with Gasteiger partial charge in [0.15, 0.2) is 5.78 Å². The summed E-state index contributed by atoms with van der Waals surface area (Å²) < 4.78 is 32.5. The molecule has 1 amide bonds. The average molecular weight is 429 g/mol. The van der Waals surface area contributed by atoms with Gasteiger partial charge >= 0.3 is 6.09 Å². The van der Waals surface area contributed by atoms with Crippen molar-refractivity contribution in [1.82, 2.24) is 9.62 Å². The van der Waals surface area contributed by atoms with Crippen LogP contribution in [0.4, 0.5) is 4.79 Å². The summed E-state index contributed by atoms with van der Waals surface area (Å²) in [4.78, 5) is 26.3. The number of nitrogens with one attached hydrogen (secondary N) is 1. The van der Waals surface area contributed by atoms with E-state index in [9.17, 15) is 18.0 Å². The molecule has 2 aromatic rings. The number of nitrogens with zero attached hydrogens (tertiary/aromatic N) is 1. The minimum Gasteiger partial charge on any atom is -0.445 e. The zero-order valence-corrected chi connectivity index (χ0v) is 17.5. The SMILES string of the molecule is Cc1ccc(S(=O)(=O)N/C=C2\CCN(C(=O)OCc3ccccc3)CCC2=O)cc1. The van der Waals surface area contributed by atoms with E-state index < -0.39 is 16.1 Å². The molecule has 1 N–H and O–H groups in total. The monoisotopic (exact) mass is 428 g/mol. The third-order valence-electron chi connectivity index (χ3n) is 4.80. The molecule has 1 aliphatic heterocycles. The molecule has 1 saturated heterocycles. The maximum atomic E-state index is 12.4. The second-order valence-electron chi connectivity index (χ2n) is 7.05. The Balaban J connectivity index is 1.59. The van der Waals surface area contributed by atoms with Crippen molar-refractivity contribution >= 4 is 21.9 Å². The third kappa shape index (κ3) is 5.70. The molecule has 1 aliphatic rings. The predicted octanol–water partition coefficient (Wildman–Crippen LogP) is 3.16. The fourth-order valence-electron chi connectivity index (χ4n) is 2.98. The van der Waals surface area contributed by atoms with Crippen LogP contribution in [0.2, 0.25) is 0 Å². The van der Waals surface area contributed by atoms with Gasteiger partial charge in [-0.05, 0) is 31.0 Å². The molecule has 1 heterocycles. The Labute approximate surface area is 176 Å². The van der Waals surface area contributed by atoms with Crippen molar-refractivity contribution in [2.24, 2.45) is 0 Å². The molecule has 0 atom stereocenters. The number of carbonyl (C=O) groups is 2. The van der Waals surface area contributed by atoms with Gasteiger partial charge in [0.25, 0.3) is 10.0 Å². The number of aryl methyl sites for hydroxylation is 1. The van der Waals surface area contributed by atoms with Crippen molar-refractivity contribution in [3.63, 3.8) is 0 Å². The maximum Gasteiger partial charge on any atom is 0.410 e. The van der Waals surface area contributed by atoms with Crippen molar-refractivity contribution in [2.45, 2.75) is 31.3 Å². The summed E-state index contributed by atoms with van der Waals surface area (Å²) in [6.45, 7) is 2.53. The van der Waals surface area contributed by atoms with E-state index in [0.29, 0.717) is 5.57 Å². The van der Waals surface area contributed by atoms with Gasteiger partial charge < -0.3 is 9.64 Å². The zero-order valence-electron chi connectivity index (χ0n) is 16.7. The number of amides is 1. The van der Waals surface area contributed by atoms with E-state index in [2.05, 4.69) is 4.72 Å². The second-order valence-corrected chi connectivity index (χ2v) is 8.77. The number of carbonyl (C=O) groups excluding carboxylic acids is 2. The molecule has 0 unspecified atom stereocenters. The highest BCUT2D eigenvalue weighted by molar-refractivity contribution is 7.89. The summed E-state index contributed by atoms with van der Waals surface area (Å²) in [7, 11) is -3.76. The van der Waals surface area contributed by atoms with Crippen LogP contribution in [0.5, 0.6) is 0 Å². The third-order valence-corrected chi connectivity index (χ3v) is 6.12. The molecule has 0 saturated carbocycles. The lowest BCUT2D eigenvalue weighted by Crippen LogP contribution is -2.32. The summed E-state index contributed by atoms with van der Waals surface area (Å²) in [6.07, 6.45) is 1.10. The molecular formula is C22H24N2O5S. The van der Waals surface area contributed by atoms with E-state index in [0.717, 1.165) is 11.1 Å². The quantitative estimate of drug-likeness (QED) is 0.739. The van der Waals surface area contributed by atoms with Gasteiger partial charge in [0.05, 0.1) is 4.90 Å². The molecule has 7 nitrogen and oxygen atoms in total. The molecule has 0 bridgehead atoms. The van der Waals surface area contributed by atoms with Crippen LogP contribution in [0, 0.1) is 6.92 Å². The lowest BCUT2D eigenvalue weighted by Gasteiger charge is -2.19. The molecule has 3 rings (SSSR count). The lowest BCUT2D eigenvalue weighted by molar-refractivity contribution is -0.115. The van der Waals surface area contributed by atoms with Crippen molar-refractivity contribution in [3.05, 3.63) is 77.5 Å². The van der Waals surface area contributed by atoms with Crippen molar-refractivity contribution in [3.8, 4) is 0 Å². The van der Waals surface area contributed by atoms with Crippen molar-refractivity contribution in [2.75, 3.05) is 13.1 Å². The molecule has 0 spiro atoms. The molecule has 0 aliphatic carbocycles. The molecule has 30 heavy (non-hydrogen) atoms. The smallest absolute Gasteiger partial charge is 0.410 e. The van der Waals surface area contributed by atoms with Gasteiger partial charge in [0.2, 0.25) is 0 Å².